The van der Waals surface area contributed by atoms with Crippen LogP contribution in [0.5, 0.6) is 5.75 Å². The zero-order valence-electron chi connectivity index (χ0n) is 16.0. The van der Waals surface area contributed by atoms with Crippen molar-refractivity contribution >= 4 is 22.7 Å². The Bertz CT molecular complexity index is 794. The van der Waals surface area contributed by atoms with Gasteiger partial charge in [-0.3, -0.25) is 9.59 Å². The molecule has 0 bridgehead atoms. The van der Waals surface area contributed by atoms with Crippen LogP contribution < -0.4 is 4.74 Å². The Kier molecular flexibility index (Phi) is 6.24. The summed E-state index contributed by atoms with van der Waals surface area (Å²) in [5, 5.41) is 2.09. The first kappa shape index (κ1) is 19.8. The second-order valence-corrected chi connectivity index (χ2v) is 7.25. The van der Waals surface area contributed by atoms with Gasteiger partial charge < -0.3 is 14.2 Å². The number of carbonyl (C=O) groups excluding carboxylic acids is 2. The quantitative estimate of drug-likeness (QED) is 0.698. The van der Waals surface area contributed by atoms with Gasteiger partial charge in [0.05, 0.1) is 26.2 Å². The fourth-order valence-corrected chi connectivity index (χ4v) is 2.50. The molecule has 0 aliphatic heterocycles. The van der Waals surface area contributed by atoms with Crippen molar-refractivity contribution in [2.24, 2.45) is 5.41 Å². The highest BCUT2D eigenvalue weighted by Crippen LogP contribution is 2.26. The summed E-state index contributed by atoms with van der Waals surface area (Å²) in [5.74, 6) is -0.224. The lowest BCUT2D eigenvalue weighted by atomic mass is 9.95. The van der Waals surface area contributed by atoms with Gasteiger partial charge in [0.25, 0.3) is 0 Å². The van der Waals surface area contributed by atoms with Gasteiger partial charge in [-0.1, -0.05) is 38.1 Å². The first-order valence-corrected chi connectivity index (χ1v) is 8.59. The first-order valence-electron chi connectivity index (χ1n) is 8.59. The van der Waals surface area contributed by atoms with E-state index in [4.69, 9.17) is 14.2 Å². The lowest BCUT2D eigenvalue weighted by Gasteiger charge is -2.24. The largest absolute Gasteiger partial charge is 0.497 e. The molecule has 0 N–H and O–H groups in total. The average Bonchev–Trinajstić information content (AvgIpc) is 2.63. The maximum atomic E-state index is 12.4. The van der Waals surface area contributed by atoms with Crippen molar-refractivity contribution < 1.29 is 23.8 Å². The van der Waals surface area contributed by atoms with E-state index in [1.54, 1.807) is 7.11 Å². The second kappa shape index (κ2) is 8.21. The summed E-state index contributed by atoms with van der Waals surface area (Å²) >= 11 is 0. The van der Waals surface area contributed by atoms with Crippen LogP contribution in [0.25, 0.3) is 10.8 Å². The summed E-state index contributed by atoms with van der Waals surface area (Å²) in [6, 6.07) is 11.7. The molecule has 26 heavy (non-hydrogen) atoms. The number of hydrogen-bond acceptors (Lipinski definition) is 5. The third kappa shape index (κ3) is 5.22. The Hall–Kier alpha value is -2.56. The highest BCUT2D eigenvalue weighted by molar-refractivity contribution is 5.86. The van der Waals surface area contributed by atoms with Crippen LogP contribution in [0, 0.1) is 5.41 Å². The van der Waals surface area contributed by atoms with Crippen molar-refractivity contribution in [3.8, 4) is 5.75 Å². The SMILES string of the molecule is COc1ccc2cc(C(C)C(=O)OCC(C)(C)COC(C)=O)ccc2c1. The third-order valence-electron chi connectivity index (χ3n) is 4.20. The topological polar surface area (TPSA) is 61.8 Å². The molecule has 0 aliphatic carbocycles. The van der Waals surface area contributed by atoms with Crippen LogP contribution >= 0.6 is 0 Å². The maximum Gasteiger partial charge on any atom is 0.313 e. The zero-order valence-corrected chi connectivity index (χ0v) is 16.0. The van der Waals surface area contributed by atoms with Crippen molar-refractivity contribution in [1.29, 1.82) is 0 Å². The van der Waals surface area contributed by atoms with Crippen molar-refractivity contribution in [2.45, 2.75) is 33.6 Å². The summed E-state index contributed by atoms with van der Waals surface area (Å²) in [6.45, 7) is 7.36. The summed E-state index contributed by atoms with van der Waals surface area (Å²) in [7, 11) is 1.64. The van der Waals surface area contributed by atoms with Gasteiger partial charge in [-0.25, -0.2) is 0 Å². The molecule has 0 radical (unpaired) electrons. The zero-order chi connectivity index (χ0) is 19.3. The number of ether oxygens (including phenoxy) is 3. The van der Waals surface area contributed by atoms with Gasteiger partial charge in [0.15, 0.2) is 0 Å². The van der Waals surface area contributed by atoms with Gasteiger partial charge >= 0.3 is 11.9 Å². The average molecular weight is 358 g/mol. The Balaban J connectivity index is 2.03. The molecule has 0 saturated carbocycles. The maximum absolute atomic E-state index is 12.4. The van der Waals surface area contributed by atoms with Gasteiger partial charge in [0.1, 0.15) is 5.75 Å². The molecular weight excluding hydrogens is 332 g/mol. The van der Waals surface area contributed by atoms with Crippen molar-refractivity contribution in [3.05, 3.63) is 42.0 Å². The van der Waals surface area contributed by atoms with Crippen LogP contribution in [0.3, 0.4) is 0 Å². The monoisotopic (exact) mass is 358 g/mol. The molecule has 2 aromatic carbocycles. The van der Waals surface area contributed by atoms with Crippen LogP contribution in [0.2, 0.25) is 0 Å². The van der Waals surface area contributed by atoms with E-state index in [1.165, 1.54) is 6.92 Å². The van der Waals surface area contributed by atoms with E-state index in [2.05, 4.69) is 0 Å². The molecule has 0 heterocycles. The third-order valence-corrected chi connectivity index (χ3v) is 4.20. The smallest absolute Gasteiger partial charge is 0.313 e. The number of carbonyl (C=O) groups is 2. The van der Waals surface area contributed by atoms with E-state index in [0.29, 0.717) is 0 Å². The lowest BCUT2D eigenvalue weighted by molar-refractivity contribution is -0.152. The minimum atomic E-state index is -0.430. The lowest BCUT2D eigenvalue weighted by Crippen LogP contribution is -2.29. The molecule has 2 aromatic rings. The van der Waals surface area contributed by atoms with E-state index in [-0.39, 0.29) is 31.1 Å². The van der Waals surface area contributed by atoms with E-state index in [0.717, 1.165) is 22.1 Å². The molecule has 1 atom stereocenters. The first-order chi connectivity index (χ1) is 12.2. The molecule has 5 nitrogen and oxygen atoms in total. The highest BCUT2D eigenvalue weighted by atomic mass is 16.5. The molecule has 2 rings (SSSR count). The van der Waals surface area contributed by atoms with Gasteiger partial charge in [0.2, 0.25) is 0 Å². The second-order valence-electron chi connectivity index (χ2n) is 7.25. The highest BCUT2D eigenvalue weighted by Gasteiger charge is 2.24. The molecule has 0 fully saturated rings. The summed E-state index contributed by atoms with van der Waals surface area (Å²) in [6.07, 6.45) is 0. The van der Waals surface area contributed by atoms with Crippen LogP contribution in [0.15, 0.2) is 36.4 Å². The predicted octanol–water partition coefficient (Wildman–Crippen LogP) is 4.08. The van der Waals surface area contributed by atoms with E-state index in [9.17, 15) is 9.59 Å². The Morgan fingerprint density at radius 1 is 1.00 bits per heavy atom. The summed E-state index contributed by atoms with van der Waals surface area (Å²) < 4.78 is 15.7. The Labute approximate surface area is 154 Å². The number of benzene rings is 2. The molecule has 0 amide bonds. The summed E-state index contributed by atoms with van der Waals surface area (Å²) in [4.78, 5) is 23.3. The van der Waals surface area contributed by atoms with Crippen LogP contribution in [-0.4, -0.2) is 32.3 Å². The van der Waals surface area contributed by atoms with Crippen molar-refractivity contribution in [1.82, 2.24) is 0 Å². The molecule has 0 saturated heterocycles. The standard InChI is InChI=1S/C21H26O5/c1-14(20(23)26-13-21(3,4)12-25-15(2)22)16-6-7-18-11-19(24-5)9-8-17(18)10-16/h6-11,14H,12-13H2,1-5H3. The van der Waals surface area contributed by atoms with Crippen molar-refractivity contribution in [3.63, 3.8) is 0 Å². The van der Waals surface area contributed by atoms with E-state index >= 15 is 0 Å². The number of methoxy groups -OCH3 is 1. The van der Waals surface area contributed by atoms with E-state index in [1.807, 2.05) is 57.2 Å². The Morgan fingerprint density at radius 2 is 1.62 bits per heavy atom. The van der Waals surface area contributed by atoms with Crippen LogP contribution in [-0.2, 0) is 19.1 Å². The molecule has 0 aliphatic rings. The predicted molar refractivity (Wildman–Crippen MR) is 100 cm³/mol. The summed E-state index contributed by atoms with van der Waals surface area (Å²) in [5.41, 5.74) is 0.464. The number of fused-ring (bicyclic) bond motifs is 1. The van der Waals surface area contributed by atoms with E-state index < -0.39 is 5.41 Å². The number of rotatable bonds is 7. The molecule has 1 unspecified atom stereocenters. The minimum Gasteiger partial charge on any atom is -0.497 e. The van der Waals surface area contributed by atoms with Crippen molar-refractivity contribution in [2.75, 3.05) is 20.3 Å². The molecule has 0 aromatic heterocycles. The van der Waals surface area contributed by atoms with Crippen LogP contribution in [0.4, 0.5) is 0 Å². The minimum absolute atomic E-state index is 0.189. The van der Waals surface area contributed by atoms with Gasteiger partial charge in [-0.05, 0) is 35.4 Å². The van der Waals surface area contributed by atoms with Gasteiger partial charge in [-0.2, -0.15) is 0 Å². The number of esters is 2. The van der Waals surface area contributed by atoms with Gasteiger partial charge in [-0.15, -0.1) is 0 Å². The fourth-order valence-electron chi connectivity index (χ4n) is 2.50. The molecule has 5 heteroatoms. The molecule has 140 valence electrons. The van der Waals surface area contributed by atoms with Crippen LogP contribution in [0.1, 0.15) is 39.2 Å². The fraction of sp³-hybridized carbons (Fsp3) is 0.429. The normalized spacial score (nSPS) is 12.5. The molecule has 0 spiro atoms. The van der Waals surface area contributed by atoms with Gasteiger partial charge in [0, 0.05) is 12.3 Å². The number of hydrogen-bond donors (Lipinski definition) is 0. The molecular formula is C21H26O5. The Morgan fingerprint density at radius 3 is 2.27 bits per heavy atom.